The topological polar surface area (TPSA) is 52.6 Å². The maximum Gasteiger partial charge on any atom is 0.130 e. The van der Waals surface area contributed by atoms with Crippen LogP contribution in [0.25, 0.3) is 11.1 Å². The van der Waals surface area contributed by atoms with Gasteiger partial charge in [0.05, 0.1) is 19.9 Å². The lowest BCUT2D eigenvalue weighted by Gasteiger charge is -2.15. The molecule has 5 nitrogen and oxygen atoms in total. The van der Waals surface area contributed by atoms with Crippen LogP contribution >= 0.6 is 0 Å². The van der Waals surface area contributed by atoms with Crippen LogP contribution in [-0.2, 0) is 13.0 Å². The molecule has 0 bridgehead atoms. The van der Waals surface area contributed by atoms with Crippen LogP contribution in [0.1, 0.15) is 24.1 Å². The molecule has 2 aromatic carbocycles. The number of nitrogens with zero attached hydrogens (tertiary/aromatic N) is 1. The Hall–Kier alpha value is -3.21. The summed E-state index contributed by atoms with van der Waals surface area (Å²) in [6.45, 7) is 1.40. The average Bonchev–Trinajstić information content (AvgIpc) is 3.02. The van der Waals surface area contributed by atoms with Gasteiger partial charge >= 0.3 is 0 Å². The van der Waals surface area contributed by atoms with Crippen molar-refractivity contribution in [2.24, 2.45) is 0 Å². The fourth-order valence-corrected chi connectivity index (χ4v) is 3.61. The van der Waals surface area contributed by atoms with E-state index >= 15 is 0 Å². The number of benzene rings is 2. The first kappa shape index (κ1) is 19.1. The molecule has 0 unspecified atom stereocenters. The lowest BCUT2D eigenvalue weighted by atomic mass is 9.98. The van der Waals surface area contributed by atoms with E-state index in [4.69, 9.17) is 14.2 Å². The van der Waals surface area contributed by atoms with E-state index in [1.165, 1.54) is 24.1 Å². The van der Waals surface area contributed by atoms with Gasteiger partial charge in [-0.2, -0.15) is 0 Å². The molecular formula is C24H26N2O3. The summed E-state index contributed by atoms with van der Waals surface area (Å²) in [4.78, 5) is 4.37. The highest BCUT2D eigenvalue weighted by atomic mass is 16.5. The van der Waals surface area contributed by atoms with Crippen LogP contribution in [0, 0.1) is 0 Å². The van der Waals surface area contributed by atoms with Crippen LogP contribution in [0.4, 0.5) is 5.69 Å². The van der Waals surface area contributed by atoms with Crippen molar-refractivity contribution in [3.05, 3.63) is 66.0 Å². The molecule has 4 rings (SSSR count). The number of nitrogens with one attached hydrogen (secondary N) is 1. The highest BCUT2D eigenvalue weighted by Gasteiger charge is 2.13. The number of aromatic nitrogens is 1. The average molecular weight is 390 g/mol. The van der Waals surface area contributed by atoms with E-state index < -0.39 is 0 Å². The molecule has 0 saturated heterocycles. The molecule has 0 spiro atoms. The number of hydrogen-bond donors (Lipinski definition) is 1. The van der Waals surface area contributed by atoms with Crippen LogP contribution in [0.5, 0.6) is 17.2 Å². The minimum absolute atomic E-state index is 0.364. The second kappa shape index (κ2) is 8.86. The smallest absolute Gasteiger partial charge is 0.130 e. The summed E-state index contributed by atoms with van der Waals surface area (Å²) >= 11 is 0. The van der Waals surface area contributed by atoms with Crippen LogP contribution in [-0.4, -0.2) is 25.7 Å². The number of methoxy groups -OCH3 is 2. The minimum Gasteiger partial charge on any atom is -0.497 e. The molecule has 29 heavy (non-hydrogen) atoms. The molecule has 0 amide bonds. The molecule has 2 heterocycles. The normalized spacial score (nSPS) is 13.0. The number of ether oxygens (including phenoxy) is 3. The zero-order valence-corrected chi connectivity index (χ0v) is 16.9. The van der Waals surface area contributed by atoms with Crippen molar-refractivity contribution in [3.63, 3.8) is 0 Å². The number of aryl methyl sites for hydroxylation is 1. The van der Waals surface area contributed by atoms with Gasteiger partial charge in [-0.25, -0.2) is 0 Å². The van der Waals surface area contributed by atoms with E-state index in [-0.39, 0.29) is 0 Å². The van der Waals surface area contributed by atoms with E-state index in [9.17, 15) is 0 Å². The molecule has 150 valence electrons. The van der Waals surface area contributed by atoms with Crippen LogP contribution in [0.15, 0.2) is 54.7 Å². The molecule has 0 atom stereocenters. The third kappa shape index (κ3) is 4.45. The van der Waals surface area contributed by atoms with Crippen molar-refractivity contribution in [1.29, 1.82) is 0 Å². The fraction of sp³-hybridized carbons (Fsp3) is 0.292. The summed E-state index contributed by atoms with van der Waals surface area (Å²) in [7, 11) is 3.33. The van der Waals surface area contributed by atoms with Gasteiger partial charge in [0.2, 0.25) is 0 Å². The summed E-state index contributed by atoms with van der Waals surface area (Å²) in [6, 6.07) is 16.2. The predicted molar refractivity (Wildman–Crippen MR) is 115 cm³/mol. The molecule has 0 fully saturated rings. The summed E-state index contributed by atoms with van der Waals surface area (Å²) in [6.07, 6.45) is 5.22. The van der Waals surface area contributed by atoms with Gasteiger partial charge in [0.1, 0.15) is 23.9 Å². The van der Waals surface area contributed by atoms with E-state index in [0.29, 0.717) is 6.61 Å². The van der Waals surface area contributed by atoms with E-state index in [1.807, 2.05) is 30.3 Å². The van der Waals surface area contributed by atoms with Gasteiger partial charge in [-0.1, -0.05) is 6.07 Å². The van der Waals surface area contributed by atoms with Crippen molar-refractivity contribution < 1.29 is 14.2 Å². The first-order valence-electron chi connectivity index (χ1n) is 9.94. The highest BCUT2D eigenvalue weighted by molar-refractivity contribution is 5.75. The highest BCUT2D eigenvalue weighted by Crippen LogP contribution is 2.36. The van der Waals surface area contributed by atoms with Crippen LogP contribution < -0.4 is 19.5 Å². The van der Waals surface area contributed by atoms with E-state index in [1.54, 1.807) is 20.4 Å². The van der Waals surface area contributed by atoms with Gasteiger partial charge in [0, 0.05) is 30.1 Å². The zero-order valence-electron chi connectivity index (χ0n) is 16.9. The Bertz CT molecular complexity index is 988. The maximum absolute atomic E-state index is 6.16. The quantitative estimate of drug-likeness (QED) is 0.635. The first-order chi connectivity index (χ1) is 14.3. The molecule has 1 aromatic heterocycles. The standard InChI is InChI=1S/C24H26N2O3/c1-27-20-7-9-24(29-16-19-14-21(28-2)10-12-25-19)22(15-20)17-6-8-23-18(13-17)5-3-4-11-26-23/h6-10,12-15,26H,3-5,11,16H2,1-2H3. The third-order valence-corrected chi connectivity index (χ3v) is 5.19. The number of fused-ring (bicyclic) bond motifs is 1. The Labute approximate surface area is 171 Å². The molecule has 0 saturated carbocycles. The molecule has 0 radical (unpaired) electrons. The Morgan fingerprint density at radius 2 is 1.79 bits per heavy atom. The summed E-state index contributed by atoms with van der Waals surface area (Å²) in [5, 5.41) is 3.52. The molecule has 5 heteroatoms. The van der Waals surface area contributed by atoms with Crippen molar-refractivity contribution >= 4 is 5.69 Å². The number of anilines is 1. The zero-order chi connectivity index (χ0) is 20.1. The minimum atomic E-state index is 0.364. The first-order valence-corrected chi connectivity index (χ1v) is 9.94. The Morgan fingerprint density at radius 1 is 0.931 bits per heavy atom. The van der Waals surface area contributed by atoms with Gasteiger partial charge < -0.3 is 19.5 Å². The predicted octanol–water partition coefficient (Wildman–Crippen LogP) is 5.09. The molecule has 1 aliphatic rings. The Morgan fingerprint density at radius 3 is 2.66 bits per heavy atom. The summed E-state index contributed by atoms with van der Waals surface area (Å²) in [5.41, 5.74) is 5.54. The second-order valence-corrected chi connectivity index (χ2v) is 7.09. The van der Waals surface area contributed by atoms with Gasteiger partial charge in [-0.3, -0.25) is 4.98 Å². The molecule has 3 aromatic rings. The molecule has 1 N–H and O–H groups in total. The molecule has 0 aliphatic carbocycles. The number of hydrogen-bond acceptors (Lipinski definition) is 5. The van der Waals surface area contributed by atoms with Crippen molar-refractivity contribution in [2.75, 3.05) is 26.1 Å². The Kier molecular flexibility index (Phi) is 5.84. The van der Waals surface area contributed by atoms with E-state index in [2.05, 4.69) is 28.5 Å². The number of pyridine rings is 1. The van der Waals surface area contributed by atoms with Crippen molar-refractivity contribution in [3.8, 4) is 28.4 Å². The monoisotopic (exact) mass is 390 g/mol. The lowest BCUT2D eigenvalue weighted by molar-refractivity contribution is 0.300. The SMILES string of the molecule is COc1ccnc(COc2ccc(OC)cc2-c2ccc3c(c2)CCCCN3)c1. The lowest BCUT2D eigenvalue weighted by Crippen LogP contribution is -2.01. The molecular weight excluding hydrogens is 364 g/mol. The second-order valence-electron chi connectivity index (χ2n) is 7.09. The largest absolute Gasteiger partial charge is 0.497 e. The third-order valence-electron chi connectivity index (χ3n) is 5.19. The Balaban J connectivity index is 1.64. The maximum atomic E-state index is 6.16. The molecule has 1 aliphatic heterocycles. The number of rotatable bonds is 6. The van der Waals surface area contributed by atoms with Gasteiger partial charge in [0.25, 0.3) is 0 Å². The van der Waals surface area contributed by atoms with Gasteiger partial charge in [-0.05, 0) is 66.8 Å². The van der Waals surface area contributed by atoms with Crippen LogP contribution in [0.2, 0.25) is 0 Å². The fourth-order valence-electron chi connectivity index (χ4n) is 3.61. The van der Waals surface area contributed by atoms with Gasteiger partial charge in [-0.15, -0.1) is 0 Å². The van der Waals surface area contributed by atoms with Crippen molar-refractivity contribution in [1.82, 2.24) is 4.98 Å². The van der Waals surface area contributed by atoms with Crippen molar-refractivity contribution in [2.45, 2.75) is 25.9 Å². The van der Waals surface area contributed by atoms with E-state index in [0.717, 1.165) is 47.0 Å². The van der Waals surface area contributed by atoms with Gasteiger partial charge in [0.15, 0.2) is 0 Å². The summed E-state index contributed by atoms with van der Waals surface area (Å²) < 4.78 is 16.9. The summed E-state index contributed by atoms with van der Waals surface area (Å²) in [5.74, 6) is 2.38. The van der Waals surface area contributed by atoms with Crippen LogP contribution in [0.3, 0.4) is 0 Å².